The summed E-state index contributed by atoms with van der Waals surface area (Å²) in [5, 5.41) is 41.3. The number of carbonyl (C=O) groups is 2. The number of aromatic nitrogens is 6. The highest BCUT2D eigenvalue weighted by Gasteiger charge is 2.42. The van der Waals surface area contributed by atoms with Crippen LogP contribution in [0, 0.1) is 5.92 Å². The highest BCUT2D eigenvalue weighted by atomic mass is 16.6. The number of phenols is 2. The van der Waals surface area contributed by atoms with E-state index in [2.05, 4.69) is 21.3 Å². The number of piperidine rings is 2. The van der Waals surface area contributed by atoms with Gasteiger partial charge in [-0.25, -0.2) is 24.2 Å². The molecule has 4 N–H and O–H groups in total. The van der Waals surface area contributed by atoms with Crippen LogP contribution in [0.25, 0.3) is 50.3 Å². The minimum Gasteiger partial charge on any atom is -0.508 e. The number of rotatable bonds is 10. The Balaban J connectivity index is 0.736. The molecule has 2 atom stereocenters. The Morgan fingerprint density at radius 2 is 1.77 bits per heavy atom. The number of pyridine rings is 2. The quantitative estimate of drug-likeness (QED) is 0.102. The Morgan fingerprint density at radius 1 is 0.959 bits per heavy atom. The molecule has 0 bridgehead atoms. The second-order valence-electron chi connectivity index (χ2n) is 20.3. The number of nitrogens with zero attached hydrogens (tertiary/aromatic N) is 7. The summed E-state index contributed by atoms with van der Waals surface area (Å²) < 4.78 is 17.1. The van der Waals surface area contributed by atoms with E-state index in [9.17, 15) is 34.5 Å². The van der Waals surface area contributed by atoms with Crippen LogP contribution in [0.15, 0.2) is 88.8 Å². The summed E-state index contributed by atoms with van der Waals surface area (Å²) in [5.74, 6) is 0.951. The number of hydrogen-bond donors (Lipinski definition) is 4. The highest BCUT2D eigenvalue weighted by Crippen LogP contribution is 2.44. The van der Waals surface area contributed by atoms with Crippen LogP contribution in [0.4, 0.5) is 4.79 Å². The lowest BCUT2D eigenvalue weighted by Gasteiger charge is -2.39. The Labute approximate surface area is 420 Å². The maximum absolute atomic E-state index is 14.2. The lowest BCUT2D eigenvalue weighted by Crippen LogP contribution is -2.55. The lowest BCUT2D eigenvalue weighted by molar-refractivity contribution is -0.138. The summed E-state index contributed by atoms with van der Waals surface area (Å²) >= 11 is 0. The van der Waals surface area contributed by atoms with E-state index < -0.39 is 23.4 Å². The predicted octanol–water partition coefficient (Wildman–Crippen LogP) is 8.34. The molecule has 4 aliphatic heterocycles. The van der Waals surface area contributed by atoms with Gasteiger partial charge in [0.25, 0.3) is 5.56 Å². The van der Waals surface area contributed by atoms with Gasteiger partial charge in [-0.2, -0.15) is 5.10 Å². The van der Waals surface area contributed by atoms with Gasteiger partial charge in [0, 0.05) is 65.9 Å². The van der Waals surface area contributed by atoms with Gasteiger partial charge in [-0.15, -0.1) is 0 Å². The molecule has 2 fully saturated rings. The van der Waals surface area contributed by atoms with E-state index in [0.29, 0.717) is 102 Å². The zero-order valence-corrected chi connectivity index (χ0v) is 41.6. The van der Waals surface area contributed by atoms with Gasteiger partial charge in [-0.3, -0.25) is 14.5 Å². The number of ether oxygens (including phenoxy) is 2. The summed E-state index contributed by atoms with van der Waals surface area (Å²) in [6, 6.07) is 17.4. The van der Waals surface area contributed by atoms with E-state index in [1.165, 1.54) is 10.6 Å². The highest BCUT2D eigenvalue weighted by molar-refractivity contribution is 5.91. The zero-order chi connectivity index (χ0) is 51.0. The van der Waals surface area contributed by atoms with E-state index in [4.69, 9.17) is 14.5 Å². The van der Waals surface area contributed by atoms with Crippen LogP contribution >= 0.6 is 0 Å². The molecule has 11 rings (SSSR count). The third kappa shape index (κ3) is 8.04. The monoisotopic (exact) mass is 988 g/mol. The van der Waals surface area contributed by atoms with Crippen LogP contribution in [0.5, 0.6) is 17.2 Å². The largest absolute Gasteiger partial charge is 0.508 e. The number of H-pyrrole nitrogens is 1. The van der Waals surface area contributed by atoms with Crippen LogP contribution in [-0.4, -0.2) is 91.7 Å². The average Bonchev–Trinajstić information content (AvgIpc) is 4.10. The second kappa shape index (κ2) is 18.4. The molecule has 7 aromatic rings. The molecule has 378 valence electrons. The number of benzene rings is 3. The molecule has 17 heteroatoms. The molecular formula is C56H60N8O9. The number of carbonyl (C=O) groups excluding carboxylic acids is 2. The topological polar surface area (TPSA) is 210 Å². The van der Waals surface area contributed by atoms with Crippen molar-refractivity contribution in [3.05, 3.63) is 128 Å². The van der Waals surface area contributed by atoms with Gasteiger partial charge in [0.15, 0.2) is 5.82 Å². The lowest BCUT2D eigenvalue weighted by atomic mass is 9.84. The number of aromatic hydroxyl groups is 2. The molecule has 0 radical (unpaired) electrons. The van der Waals surface area contributed by atoms with Crippen LogP contribution < -0.4 is 16.0 Å². The molecule has 3 aromatic carbocycles. The van der Waals surface area contributed by atoms with Crippen molar-refractivity contribution in [2.24, 2.45) is 5.92 Å². The molecule has 73 heavy (non-hydrogen) atoms. The standard InChI is InChI=1S/C56H60N8O9/c1-6-37-39-25-36(12-13-44(39)57-50-41(37)29-63-47(50)27-43-42(52(63)67)30-72-32(5)56(43,71)7-2)73-55(70)62-19-9-8-10-46(62)53(68)61-21-16-33(17-22-61)15-20-60-23-18-34-24-35(11-14-45(34)60)64-51(58-59-54(64)69)40-26-38(31(3)4)48(65)28-49(40)66/h11-14,18,23-28,31,33,46,65-66,71H,5-10,15-17,19-22,29-30H2,1-4H3,(H,59,69)/t46?,56-/m1/s1. The van der Waals surface area contributed by atoms with E-state index in [-0.39, 0.29) is 47.1 Å². The van der Waals surface area contributed by atoms with Crippen molar-refractivity contribution in [1.82, 2.24) is 38.7 Å². The first-order valence-electron chi connectivity index (χ1n) is 25.5. The fraction of sp³-hybridized carbons (Fsp3) is 0.393. The maximum atomic E-state index is 14.2. The first-order valence-corrected chi connectivity index (χ1v) is 25.5. The molecular weight excluding hydrogens is 929 g/mol. The number of fused-ring (bicyclic) bond motifs is 6. The smallest absolute Gasteiger partial charge is 0.415 e. The van der Waals surface area contributed by atoms with E-state index in [1.54, 1.807) is 21.6 Å². The summed E-state index contributed by atoms with van der Waals surface area (Å²) in [7, 11) is 0. The Morgan fingerprint density at radius 3 is 2.53 bits per heavy atom. The number of nitrogens with one attached hydrogen (secondary N) is 1. The van der Waals surface area contributed by atoms with E-state index >= 15 is 0 Å². The molecule has 0 spiro atoms. The fourth-order valence-corrected chi connectivity index (χ4v) is 11.7. The Kier molecular flexibility index (Phi) is 12.0. The number of phenolic OH excluding ortho intramolecular Hbond substituents is 2. The van der Waals surface area contributed by atoms with Crippen molar-refractivity contribution in [1.29, 1.82) is 0 Å². The molecule has 2 amide bonds. The average molecular weight is 989 g/mol. The second-order valence-corrected chi connectivity index (χ2v) is 20.3. The normalized spacial score (nSPS) is 18.8. The Hall–Kier alpha value is -7.66. The third-order valence-electron chi connectivity index (χ3n) is 15.9. The SMILES string of the molecule is C=C1OCc2c(cc3n(c2=O)Cc2c-3nc3ccc(OC(=O)N4CCCCC4C(=O)N4CCC(CCn5ccc6cc(-n7c(-c8cc(C(C)C)c(O)cc8O)n[nH]c7=O)ccc65)CC4)cc3c2CC)[C@@]1(O)CC. The van der Waals surface area contributed by atoms with Crippen LogP contribution in [0.1, 0.15) is 106 Å². The van der Waals surface area contributed by atoms with Crippen molar-refractivity contribution < 1.29 is 34.4 Å². The number of amides is 2. The van der Waals surface area contributed by atoms with Gasteiger partial charge in [-0.1, -0.05) is 34.3 Å². The summed E-state index contributed by atoms with van der Waals surface area (Å²) in [4.78, 5) is 63.8. The number of likely N-dealkylation sites (tertiary alicyclic amines) is 2. The van der Waals surface area contributed by atoms with Crippen molar-refractivity contribution >= 4 is 33.8 Å². The Bertz CT molecular complexity index is 3520. The van der Waals surface area contributed by atoms with Crippen LogP contribution in [0.3, 0.4) is 0 Å². The zero-order valence-electron chi connectivity index (χ0n) is 41.6. The number of aliphatic hydroxyl groups is 1. The number of aryl methyl sites for hydroxylation is 2. The molecule has 17 nitrogen and oxygen atoms in total. The number of aromatic amines is 1. The van der Waals surface area contributed by atoms with Gasteiger partial charge in [-0.05, 0) is 129 Å². The third-order valence-corrected chi connectivity index (χ3v) is 15.9. The van der Waals surface area contributed by atoms with Crippen molar-refractivity contribution in [2.75, 3.05) is 19.6 Å². The van der Waals surface area contributed by atoms with Gasteiger partial charge in [0.05, 0.1) is 40.3 Å². The maximum Gasteiger partial charge on any atom is 0.415 e. The van der Waals surface area contributed by atoms with Crippen LogP contribution in [0.2, 0.25) is 0 Å². The fourth-order valence-electron chi connectivity index (χ4n) is 11.7. The van der Waals surface area contributed by atoms with Crippen molar-refractivity contribution in [3.63, 3.8) is 0 Å². The first-order chi connectivity index (χ1) is 35.2. The van der Waals surface area contributed by atoms with Gasteiger partial charge < -0.3 is 38.8 Å². The minimum absolute atomic E-state index is 0.0212. The molecule has 1 unspecified atom stereocenters. The van der Waals surface area contributed by atoms with Gasteiger partial charge in [0.2, 0.25) is 5.91 Å². The van der Waals surface area contributed by atoms with Crippen molar-refractivity contribution in [3.8, 4) is 45.7 Å². The molecule has 4 aromatic heterocycles. The van der Waals surface area contributed by atoms with Crippen LogP contribution in [-0.2, 0) is 41.2 Å². The molecule has 0 aliphatic carbocycles. The van der Waals surface area contributed by atoms with Crippen molar-refractivity contribution in [2.45, 2.75) is 116 Å². The minimum atomic E-state index is -1.48. The predicted molar refractivity (Wildman–Crippen MR) is 275 cm³/mol. The van der Waals surface area contributed by atoms with E-state index in [1.807, 2.05) is 81.3 Å². The van der Waals surface area contributed by atoms with E-state index in [0.717, 1.165) is 66.1 Å². The molecule has 8 heterocycles. The molecule has 0 saturated carbocycles. The molecule has 4 aliphatic rings. The summed E-state index contributed by atoms with van der Waals surface area (Å²) in [6.45, 7) is 14.5. The number of hydrogen-bond acceptors (Lipinski definition) is 11. The first kappa shape index (κ1) is 47.7. The molecule has 2 saturated heterocycles. The summed E-state index contributed by atoms with van der Waals surface area (Å²) in [5.41, 5.74) is 5.24. The van der Waals surface area contributed by atoms with Gasteiger partial charge >= 0.3 is 11.8 Å². The summed E-state index contributed by atoms with van der Waals surface area (Å²) in [6.07, 6.45) is 7.23. The van der Waals surface area contributed by atoms with Gasteiger partial charge in [0.1, 0.15) is 41.3 Å².